The molecule has 0 bridgehead atoms. The summed E-state index contributed by atoms with van der Waals surface area (Å²) in [7, 11) is 4.79. The van der Waals surface area contributed by atoms with Crippen molar-refractivity contribution >= 4 is 5.76 Å². The number of nitriles is 1. The Morgan fingerprint density at radius 2 is 1.69 bits per heavy atom. The van der Waals surface area contributed by atoms with Crippen LogP contribution in [0.2, 0.25) is 0 Å². The van der Waals surface area contributed by atoms with Crippen LogP contribution in [0.1, 0.15) is 43.7 Å². The first-order chi connectivity index (χ1) is 14.1. The van der Waals surface area contributed by atoms with E-state index < -0.39 is 5.60 Å². The molecule has 3 rings (SSSR count). The molecule has 2 aromatic rings. The van der Waals surface area contributed by atoms with Crippen LogP contribution >= 0.6 is 0 Å². The second-order valence-electron chi connectivity index (χ2n) is 7.08. The number of rotatable bonds is 8. The lowest BCUT2D eigenvalue weighted by Gasteiger charge is -2.31. The van der Waals surface area contributed by atoms with Crippen molar-refractivity contribution in [3.05, 3.63) is 59.2 Å². The smallest absolute Gasteiger partial charge is 0.203 e. The number of benzene rings is 2. The molecule has 1 atom stereocenters. The molecule has 0 saturated carbocycles. The molecule has 0 N–H and O–H groups in total. The summed E-state index contributed by atoms with van der Waals surface area (Å²) < 4.78 is 23.2. The maximum Gasteiger partial charge on any atom is 0.203 e. The fourth-order valence-corrected chi connectivity index (χ4v) is 3.82. The number of nitrogens with zero attached hydrogens (tertiary/aromatic N) is 1. The SMILES string of the molecule is CCCCC1(c2cc(OC)c(OC)c(OC)c2)CC(C#N)=C(c2ccccc2)O1. The van der Waals surface area contributed by atoms with Gasteiger partial charge in [0.05, 0.1) is 33.0 Å². The zero-order valence-corrected chi connectivity index (χ0v) is 17.5. The van der Waals surface area contributed by atoms with Crippen LogP contribution in [0, 0.1) is 11.3 Å². The Labute approximate surface area is 172 Å². The third kappa shape index (κ3) is 3.88. The van der Waals surface area contributed by atoms with Crippen LogP contribution in [0.5, 0.6) is 17.2 Å². The molecule has 152 valence electrons. The van der Waals surface area contributed by atoms with Crippen molar-refractivity contribution in [1.29, 1.82) is 5.26 Å². The zero-order chi connectivity index (χ0) is 20.9. The number of hydrogen-bond donors (Lipinski definition) is 0. The molecule has 0 radical (unpaired) electrons. The van der Waals surface area contributed by atoms with E-state index in [-0.39, 0.29) is 0 Å². The Kier molecular flexibility index (Phi) is 6.33. The average molecular weight is 393 g/mol. The monoisotopic (exact) mass is 393 g/mol. The van der Waals surface area contributed by atoms with Gasteiger partial charge in [-0.2, -0.15) is 5.26 Å². The van der Waals surface area contributed by atoms with Crippen LogP contribution in [0.4, 0.5) is 0 Å². The molecule has 1 heterocycles. The third-order valence-electron chi connectivity index (χ3n) is 5.33. The number of methoxy groups -OCH3 is 3. The molecule has 5 heteroatoms. The molecule has 0 aromatic heterocycles. The molecule has 1 unspecified atom stereocenters. The molecule has 1 aliphatic heterocycles. The Morgan fingerprint density at radius 1 is 1.03 bits per heavy atom. The second-order valence-corrected chi connectivity index (χ2v) is 7.08. The minimum absolute atomic E-state index is 0.506. The topological polar surface area (TPSA) is 60.7 Å². The van der Waals surface area contributed by atoms with Crippen LogP contribution in [-0.4, -0.2) is 21.3 Å². The van der Waals surface area contributed by atoms with E-state index in [2.05, 4.69) is 13.0 Å². The number of hydrogen-bond acceptors (Lipinski definition) is 5. The maximum absolute atomic E-state index is 9.83. The van der Waals surface area contributed by atoms with Crippen molar-refractivity contribution in [2.24, 2.45) is 0 Å². The Bertz CT molecular complexity index is 905. The van der Waals surface area contributed by atoms with Crippen LogP contribution in [0.25, 0.3) is 5.76 Å². The Balaban J connectivity index is 2.12. The van der Waals surface area contributed by atoms with E-state index in [1.807, 2.05) is 42.5 Å². The van der Waals surface area contributed by atoms with Gasteiger partial charge in [0.15, 0.2) is 11.5 Å². The first-order valence-corrected chi connectivity index (χ1v) is 9.80. The average Bonchev–Trinajstić information content (AvgIpc) is 3.17. The fraction of sp³-hybridized carbons (Fsp3) is 0.375. The molecular formula is C24H27NO4. The maximum atomic E-state index is 9.83. The first-order valence-electron chi connectivity index (χ1n) is 9.80. The fourth-order valence-electron chi connectivity index (χ4n) is 3.82. The standard InChI is InChI=1S/C24H27NO4/c1-5-6-12-24(19-13-20(26-2)23(28-4)21(14-19)27-3)15-18(16-25)22(29-24)17-10-8-7-9-11-17/h7-11,13-14H,5-6,12,15H2,1-4H3. The van der Waals surface area contributed by atoms with Gasteiger partial charge in [-0.25, -0.2) is 0 Å². The van der Waals surface area contributed by atoms with Crippen molar-refractivity contribution in [3.63, 3.8) is 0 Å². The highest BCUT2D eigenvalue weighted by Crippen LogP contribution is 2.51. The molecule has 1 aliphatic rings. The van der Waals surface area contributed by atoms with E-state index in [1.54, 1.807) is 21.3 Å². The van der Waals surface area contributed by atoms with Crippen molar-refractivity contribution in [2.75, 3.05) is 21.3 Å². The number of ether oxygens (including phenoxy) is 4. The highest BCUT2D eigenvalue weighted by atomic mass is 16.5. The summed E-state index contributed by atoms with van der Waals surface area (Å²) in [5.74, 6) is 2.35. The van der Waals surface area contributed by atoms with Gasteiger partial charge < -0.3 is 18.9 Å². The van der Waals surface area contributed by atoms with Gasteiger partial charge in [0, 0.05) is 17.5 Å². The molecular weight excluding hydrogens is 366 g/mol. The van der Waals surface area contributed by atoms with Gasteiger partial charge >= 0.3 is 0 Å². The number of unbranched alkanes of at least 4 members (excludes halogenated alkanes) is 1. The van der Waals surface area contributed by atoms with Crippen molar-refractivity contribution in [1.82, 2.24) is 0 Å². The molecule has 0 aliphatic carbocycles. The molecule has 0 fully saturated rings. The summed E-state index contributed by atoms with van der Waals surface area (Å²) in [6.45, 7) is 2.15. The van der Waals surface area contributed by atoms with Crippen molar-refractivity contribution in [3.8, 4) is 23.3 Å². The lowest BCUT2D eigenvalue weighted by Crippen LogP contribution is -2.26. The van der Waals surface area contributed by atoms with E-state index in [9.17, 15) is 5.26 Å². The normalized spacial score (nSPS) is 18.2. The molecule has 0 saturated heterocycles. The molecule has 29 heavy (non-hydrogen) atoms. The largest absolute Gasteiger partial charge is 0.493 e. The van der Waals surface area contributed by atoms with Gasteiger partial charge in [-0.1, -0.05) is 43.7 Å². The highest BCUT2D eigenvalue weighted by Gasteiger charge is 2.43. The Hall–Kier alpha value is -3.13. The van der Waals surface area contributed by atoms with Gasteiger partial charge in [-0.3, -0.25) is 0 Å². The molecule has 0 spiro atoms. The van der Waals surface area contributed by atoms with E-state index >= 15 is 0 Å². The summed E-state index contributed by atoms with van der Waals surface area (Å²) in [6, 6.07) is 16.0. The highest BCUT2D eigenvalue weighted by molar-refractivity contribution is 5.70. The lowest BCUT2D eigenvalue weighted by molar-refractivity contribution is 0.0446. The summed E-state index contributed by atoms with van der Waals surface area (Å²) in [4.78, 5) is 0. The lowest BCUT2D eigenvalue weighted by atomic mass is 9.84. The summed E-state index contributed by atoms with van der Waals surface area (Å²) in [6.07, 6.45) is 3.28. The Morgan fingerprint density at radius 3 is 2.21 bits per heavy atom. The van der Waals surface area contributed by atoms with E-state index in [4.69, 9.17) is 18.9 Å². The van der Waals surface area contributed by atoms with Crippen LogP contribution in [-0.2, 0) is 10.3 Å². The summed E-state index contributed by atoms with van der Waals surface area (Å²) in [5.41, 5.74) is 1.83. The van der Waals surface area contributed by atoms with Crippen molar-refractivity contribution < 1.29 is 18.9 Å². The predicted molar refractivity (Wildman–Crippen MR) is 112 cm³/mol. The zero-order valence-electron chi connectivity index (χ0n) is 17.5. The van der Waals surface area contributed by atoms with Crippen molar-refractivity contribution in [2.45, 2.75) is 38.2 Å². The minimum Gasteiger partial charge on any atom is -0.493 e. The minimum atomic E-state index is -0.654. The first kappa shape index (κ1) is 20.6. The van der Waals surface area contributed by atoms with Gasteiger partial charge in [0.1, 0.15) is 11.4 Å². The van der Waals surface area contributed by atoms with E-state index in [1.165, 1.54) is 0 Å². The van der Waals surface area contributed by atoms with Gasteiger partial charge in [0.2, 0.25) is 5.75 Å². The van der Waals surface area contributed by atoms with Crippen LogP contribution < -0.4 is 14.2 Å². The molecule has 5 nitrogen and oxygen atoms in total. The second kappa shape index (κ2) is 8.91. The van der Waals surface area contributed by atoms with Gasteiger partial charge in [-0.15, -0.1) is 0 Å². The molecule has 2 aromatic carbocycles. The summed E-state index contributed by atoms with van der Waals surface area (Å²) >= 11 is 0. The molecule has 0 amide bonds. The van der Waals surface area contributed by atoms with Gasteiger partial charge in [0.25, 0.3) is 0 Å². The third-order valence-corrected chi connectivity index (χ3v) is 5.33. The predicted octanol–water partition coefficient (Wildman–Crippen LogP) is 5.45. The van der Waals surface area contributed by atoms with E-state index in [0.717, 1.165) is 30.4 Å². The van der Waals surface area contributed by atoms with Gasteiger partial charge in [-0.05, 0) is 25.0 Å². The van der Waals surface area contributed by atoms with Crippen LogP contribution in [0.15, 0.2) is 48.0 Å². The summed E-state index contributed by atoms with van der Waals surface area (Å²) in [5, 5.41) is 9.83. The quantitative estimate of drug-likeness (QED) is 0.596. The van der Waals surface area contributed by atoms with Crippen LogP contribution in [0.3, 0.4) is 0 Å². The van der Waals surface area contributed by atoms with E-state index in [0.29, 0.717) is 35.0 Å².